The molecule has 1 aliphatic heterocycles. The van der Waals surface area contributed by atoms with E-state index in [-0.39, 0.29) is 25.1 Å². The first-order valence-corrected chi connectivity index (χ1v) is 6.52. The van der Waals surface area contributed by atoms with Crippen LogP contribution in [0.5, 0.6) is 17.4 Å². The lowest BCUT2D eigenvalue weighted by atomic mass is 10.2. The van der Waals surface area contributed by atoms with Crippen molar-refractivity contribution in [2.45, 2.75) is 6.61 Å². The minimum Gasteiger partial charge on any atom is -0.472 e. The van der Waals surface area contributed by atoms with E-state index in [0.29, 0.717) is 15.8 Å². The fraction of sp³-hybridized carbons (Fsp3) is 0.154. The Kier molecular flexibility index (Phi) is 3.46. The number of rotatable bonds is 3. The first-order valence-electron chi connectivity index (χ1n) is 5.76. The Balaban J connectivity index is 1.75. The maximum Gasteiger partial charge on any atom is 0.234 e. The number of fused-ring (bicyclic) bond motifs is 1. The van der Waals surface area contributed by atoms with E-state index in [2.05, 4.69) is 4.98 Å². The molecule has 0 radical (unpaired) electrons. The molecule has 104 valence electrons. The second-order valence-electron chi connectivity index (χ2n) is 4.12. The third-order valence-corrected chi connectivity index (χ3v) is 3.31. The van der Waals surface area contributed by atoms with Gasteiger partial charge in [-0.25, -0.2) is 0 Å². The topological polar surface area (TPSA) is 66.6 Å². The number of nitrogen functional groups attached to an aromatic ring is 1. The van der Waals surface area contributed by atoms with Crippen LogP contribution < -0.4 is 19.9 Å². The van der Waals surface area contributed by atoms with Gasteiger partial charge in [0.25, 0.3) is 0 Å². The number of hydrogen-bond acceptors (Lipinski definition) is 5. The summed E-state index contributed by atoms with van der Waals surface area (Å²) in [5.74, 6) is 1.84. The van der Waals surface area contributed by atoms with Gasteiger partial charge in [0.1, 0.15) is 17.4 Å². The van der Waals surface area contributed by atoms with Crippen LogP contribution in [0, 0.1) is 0 Å². The number of benzene rings is 1. The fourth-order valence-corrected chi connectivity index (χ4v) is 2.16. The van der Waals surface area contributed by atoms with E-state index in [0.717, 1.165) is 11.3 Å². The van der Waals surface area contributed by atoms with Crippen molar-refractivity contribution in [3.63, 3.8) is 0 Å². The average molecular weight is 313 g/mol. The highest BCUT2D eigenvalue weighted by Crippen LogP contribution is 2.33. The summed E-state index contributed by atoms with van der Waals surface area (Å²) in [5, 5.41) is 0.607. The summed E-state index contributed by atoms with van der Waals surface area (Å²) in [5.41, 5.74) is 6.52. The second kappa shape index (κ2) is 5.26. The van der Waals surface area contributed by atoms with Crippen molar-refractivity contribution in [2.24, 2.45) is 0 Å². The molecule has 0 unspecified atom stereocenters. The highest BCUT2D eigenvalue weighted by Gasteiger charge is 2.14. The molecule has 3 rings (SSSR count). The van der Waals surface area contributed by atoms with Crippen molar-refractivity contribution >= 4 is 29.0 Å². The Morgan fingerprint density at radius 1 is 1.15 bits per heavy atom. The van der Waals surface area contributed by atoms with Crippen LogP contribution in [0.3, 0.4) is 0 Å². The van der Waals surface area contributed by atoms with Crippen LogP contribution >= 0.6 is 23.2 Å². The van der Waals surface area contributed by atoms with Gasteiger partial charge in [0, 0.05) is 0 Å². The molecule has 2 heterocycles. The lowest BCUT2D eigenvalue weighted by Crippen LogP contribution is -2.00. The van der Waals surface area contributed by atoms with Crippen LogP contribution in [0.15, 0.2) is 24.3 Å². The van der Waals surface area contributed by atoms with Crippen molar-refractivity contribution < 1.29 is 14.2 Å². The molecule has 1 aromatic heterocycles. The minimum atomic E-state index is 0.178. The van der Waals surface area contributed by atoms with Gasteiger partial charge >= 0.3 is 0 Å². The van der Waals surface area contributed by atoms with E-state index in [1.807, 2.05) is 18.2 Å². The van der Waals surface area contributed by atoms with Crippen LogP contribution in [0.2, 0.25) is 10.0 Å². The Morgan fingerprint density at radius 3 is 2.80 bits per heavy atom. The summed E-state index contributed by atoms with van der Waals surface area (Å²) in [7, 11) is 0. The number of anilines is 1. The largest absolute Gasteiger partial charge is 0.472 e. The van der Waals surface area contributed by atoms with E-state index < -0.39 is 0 Å². The maximum atomic E-state index is 5.99. The molecule has 0 saturated carbocycles. The molecule has 1 aliphatic rings. The summed E-state index contributed by atoms with van der Waals surface area (Å²) < 4.78 is 16.1. The van der Waals surface area contributed by atoms with Gasteiger partial charge in [-0.05, 0) is 23.8 Å². The number of ether oxygens (including phenoxy) is 3. The van der Waals surface area contributed by atoms with Gasteiger partial charge in [-0.3, -0.25) is 0 Å². The Morgan fingerprint density at radius 2 is 1.95 bits per heavy atom. The molecule has 2 N–H and O–H groups in total. The number of halogens is 2. The molecule has 0 saturated heterocycles. The number of nitrogens with zero attached hydrogens (tertiary/aromatic N) is 1. The van der Waals surface area contributed by atoms with Crippen LogP contribution in [0.1, 0.15) is 5.56 Å². The first-order chi connectivity index (χ1) is 9.63. The third kappa shape index (κ3) is 2.55. The molecule has 0 bridgehead atoms. The van der Waals surface area contributed by atoms with Crippen LogP contribution in [-0.4, -0.2) is 11.8 Å². The standard InChI is InChI=1S/C13H10Cl2N2O3/c14-8-4-9(15)13(17-12(8)16)18-5-7-1-2-10-11(3-7)20-6-19-10/h1-4H,5-6H2,(H2,16,17). The number of aromatic nitrogens is 1. The summed E-state index contributed by atoms with van der Waals surface area (Å²) in [6, 6.07) is 7.04. The summed E-state index contributed by atoms with van der Waals surface area (Å²) in [6.07, 6.45) is 0. The zero-order valence-electron chi connectivity index (χ0n) is 10.2. The summed E-state index contributed by atoms with van der Waals surface area (Å²) >= 11 is 11.8. The van der Waals surface area contributed by atoms with Crippen molar-refractivity contribution in [1.82, 2.24) is 4.98 Å². The summed E-state index contributed by atoms with van der Waals surface area (Å²) in [6.45, 7) is 0.519. The molecule has 7 heteroatoms. The predicted molar refractivity (Wildman–Crippen MR) is 75.6 cm³/mol. The SMILES string of the molecule is Nc1nc(OCc2ccc3c(c2)OCO3)c(Cl)cc1Cl. The van der Waals surface area contributed by atoms with Gasteiger partial charge in [0.2, 0.25) is 12.7 Å². The monoisotopic (exact) mass is 312 g/mol. The molecule has 20 heavy (non-hydrogen) atoms. The lowest BCUT2D eigenvalue weighted by Gasteiger charge is -2.09. The molecule has 5 nitrogen and oxygen atoms in total. The second-order valence-corrected chi connectivity index (χ2v) is 4.93. The highest BCUT2D eigenvalue weighted by molar-refractivity contribution is 6.36. The predicted octanol–water partition coefficient (Wildman–Crippen LogP) is 3.28. The molecule has 2 aromatic rings. The molecule has 1 aromatic carbocycles. The van der Waals surface area contributed by atoms with Crippen LogP contribution in [0.4, 0.5) is 5.82 Å². The summed E-state index contributed by atoms with van der Waals surface area (Å²) in [4.78, 5) is 4.00. The normalized spacial score (nSPS) is 12.5. The average Bonchev–Trinajstić information content (AvgIpc) is 2.89. The Labute approximate surface area is 125 Å². The van der Waals surface area contributed by atoms with E-state index in [1.165, 1.54) is 6.07 Å². The van der Waals surface area contributed by atoms with E-state index >= 15 is 0 Å². The molecule has 0 amide bonds. The Hall–Kier alpha value is -1.85. The molecule has 0 fully saturated rings. The quantitative estimate of drug-likeness (QED) is 0.942. The fourth-order valence-electron chi connectivity index (χ4n) is 1.75. The smallest absolute Gasteiger partial charge is 0.234 e. The zero-order chi connectivity index (χ0) is 14.1. The Bertz CT molecular complexity index is 664. The first kappa shape index (κ1) is 13.1. The molecule has 0 atom stereocenters. The minimum absolute atomic E-state index is 0.178. The van der Waals surface area contributed by atoms with Gasteiger partial charge in [0.15, 0.2) is 11.5 Å². The van der Waals surface area contributed by atoms with E-state index in [9.17, 15) is 0 Å². The van der Waals surface area contributed by atoms with Gasteiger partial charge in [-0.2, -0.15) is 4.98 Å². The van der Waals surface area contributed by atoms with E-state index in [4.69, 9.17) is 43.1 Å². The van der Waals surface area contributed by atoms with Crippen molar-refractivity contribution in [3.8, 4) is 17.4 Å². The molecule has 0 aliphatic carbocycles. The van der Waals surface area contributed by atoms with Crippen molar-refractivity contribution in [1.29, 1.82) is 0 Å². The molecular weight excluding hydrogens is 303 g/mol. The van der Waals surface area contributed by atoms with Crippen molar-refractivity contribution in [3.05, 3.63) is 39.9 Å². The van der Waals surface area contributed by atoms with Crippen LogP contribution in [0.25, 0.3) is 0 Å². The molecular formula is C13H10Cl2N2O3. The van der Waals surface area contributed by atoms with Gasteiger partial charge < -0.3 is 19.9 Å². The number of hydrogen-bond donors (Lipinski definition) is 1. The maximum absolute atomic E-state index is 5.99. The molecule has 0 spiro atoms. The van der Waals surface area contributed by atoms with Gasteiger partial charge in [0.05, 0.1) is 5.02 Å². The van der Waals surface area contributed by atoms with Crippen LogP contribution in [-0.2, 0) is 6.61 Å². The zero-order valence-corrected chi connectivity index (χ0v) is 11.7. The van der Waals surface area contributed by atoms with E-state index in [1.54, 1.807) is 0 Å². The number of nitrogens with two attached hydrogens (primary N) is 1. The highest BCUT2D eigenvalue weighted by atomic mass is 35.5. The lowest BCUT2D eigenvalue weighted by molar-refractivity contribution is 0.174. The third-order valence-electron chi connectivity index (χ3n) is 2.74. The van der Waals surface area contributed by atoms with Gasteiger partial charge in [-0.15, -0.1) is 0 Å². The number of pyridine rings is 1. The van der Waals surface area contributed by atoms with Crippen molar-refractivity contribution in [2.75, 3.05) is 12.5 Å². The van der Waals surface area contributed by atoms with Gasteiger partial charge in [-0.1, -0.05) is 29.3 Å².